The van der Waals surface area contributed by atoms with Gasteiger partial charge in [0.25, 0.3) is 0 Å². The van der Waals surface area contributed by atoms with Gasteiger partial charge in [0.05, 0.1) is 0 Å². The van der Waals surface area contributed by atoms with Crippen LogP contribution in [-0.2, 0) is 4.84 Å². The van der Waals surface area contributed by atoms with Crippen LogP contribution in [0.15, 0.2) is 59.8 Å². The molecule has 0 fully saturated rings. The molecule has 0 aromatic heterocycles. The Bertz CT molecular complexity index is 664. The predicted molar refractivity (Wildman–Crippen MR) is 87.5 cm³/mol. The van der Waals surface area contributed by atoms with E-state index >= 15 is 0 Å². The SMILES string of the molecule is CC(C)O/N=C(/C#Cc1ccccc1)c1ccc(Cl)cc1. The molecule has 0 N–H and O–H groups in total. The molecule has 0 atom stereocenters. The molecule has 0 aliphatic carbocycles. The van der Waals surface area contributed by atoms with Gasteiger partial charge >= 0.3 is 0 Å². The quantitative estimate of drug-likeness (QED) is 0.464. The Hall–Kier alpha value is -2.24. The van der Waals surface area contributed by atoms with Gasteiger partial charge in [-0.25, -0.2) is 0 Å². The van der Waals surface area contributed by atoms with Crippen molar-refractivity contribution in [3.63, 3.8) is 0 Å². The third kappa shape index (κ3) is 4.98. The molecule has 0 heterocycles. The highest BCUT2D eigenvalue weighted by molar-refractivity contribution is 6.30. The summed E-state index contributed by atoms with van der Waals surface area (Å²) >= 11 is 5.91. The fourth-order valence-electron chi connectivity index (χ4n) is 1.57. The Morgan fingerprint density at radius 1 is 1.05 bits per heavy atom. The monoisotopic (exact) mass is 297 g/mol. The summed E-state index contributed by atoms with van der Waals surface area (Å²) < 4.78 is 0. The average molecular weight is 298 g/mol. The smallest absolute Gasteiger partial charge is 0.160 e. The molecule has 0 unspecified atom stereocenters. The van der Waals surface area contributed by atoms with E-state index in [-0.39, 0.29) is 6.10 Å². The van der Waals surface area contributed by atoms with E-state index in [4.69, 9.17) is 16.4 Å². The summed E-state index contributed by atoms with van der Waals surface area (Å²) in [7, 11) is 0. The van der Waals surface area contributed by atoms with E-state index in [1.807, 2.05) is 68.4 Å². The van der Waals surface area contributed by atoms with Crippen molar-refractivity contribution in [2.45, 2.75) is 20.0 Å². The first kappa shape index (κ1) is 15.2. The van der Waals surface area contributed by atoms with E-state index in [1.54, 1.807) is 0 Å². The van der Waals surface area contributed by atoms with Crippen LogP contribution in [0.25, 0.3) is 0 Å². The molecule has 2 aromatic rings. The van der Waals surface area contributed by atoms with Gasteiger partial charge in [-0.05, 0) is 44.0 Å². The molecule has 21 heavy (non-hydrogen) atoms. The Kier molecular flexibility index (Phi) is 5.43. The van der Waals surface area contributed by atoms with Gasteiger partial charge in [0.15, 0.2) is 5.71 Å². The number of rotatable bonds is 3. The molecule has 0 radical (unpaired) electrons. The van der Waals surface area contributed by atoms with Crippen molar-refractivity contribution in [1.82, 2.24) is 0 Å². The van der Waals surface area contributed by atoms with Crippen LogP contribution in [0.1, 0.15) is 25.0 Å². The van der Waals surface area contributed by atoms with Crippen molar-refractivity contribution in [2.24, 2.45) is 5.16 Å². The normalized spacial score (nSPS) is 11.0. The maximum Gasteiger partial charge on any atom is 0.160 e. The van der Waals surface area contributed by atoms with Crippen molar-refractivity contribution in [3.05, 3.63) is 70.7 Å². The minimum atomic E-state index is 0.00539. The van der Waals surface area contributed by atoms with Crippen LogP contribution in [0.2, 0.25) is 5.02 Å². The van der Waals surface area contributed by atoms with Crippen LogP contribution >= 0.6 is 11.6 Å². The van der Waals surface area contributed by atoms with Crippen LogP contribution in [0.5, 0.6) is 0 Å². The summed E-state index contributed by atoms with van der Waals surface area (Å²) in [5.74, 6) is 6.15. The highest BCUT2D eigenvalue weighted by atomic mass is 35.5. The lowest BCUT2D eigenvalue weighted by Crippen LogP contribution is -2.03. The lowest BCUT2D eigenvalue weighted by molar-refractivity contribution is 0.0865. The van der Waals surface area contributed by atoms with Gasteiger partial charge in [0.2, 0.25) is 0 Å². The van der Waals surface area contributed by atoms with Crippen LogP contribution in [0.3, 0.4) is 0 Å². The minimum Gasteiger partial charge on any atom is -0.392 e. The lowest BCUT2D eigenvalue weighted by atomic mass is 10.1. The number of hydrogen-bond acceptors (Lipinski definition) is 2. The molecule has 0 amide bonds. The molecule has 0 aliphatic heterocycles. The Balaban J connectivity index is 2.31. The highest BCUT2D eigenvalue weighted by Crippen LogP contribution is 2.11. The minimum absolute atomic E-state index is 0.00539. The topological polar surface area (TPSA) is 21.6 Å². The Labute approximate surface area is 130 Å². The van der Waals surface area contributed by atoms with Gasteiger partial charge in [-0.15, -0.1) is 0 Å². The van der Waals surface area contributed by atoms with Gasteiger partial charge in [-0.2, -0.15) is 0 Å². The van der Waals surface area contributed by atoms with E-state index in [9.17, 15) is 0 Å². The first-order chi connectivity index (χ1) is 10.1. The van der Waals surface area contributed by atoms with Crippen LogP contribution in [0, 0.1) is 11.8 Å². The van der Waals surface area contributed by atoms with Gasteiger partial charge in [0.1, 0.15) is 6.10 Å². The van der Waals surface area contributed by atoms with Crippen molar-refractivity contribution >= 4 is 17.3 Å². The van der Waals surface area contributed by atoms with Crippen LogP contribution < -0.4 is 0 Å². The van der Waals surface area contributed by atoms with Gasteiger partial charge < -0.3 is 4.84 Å². The lowest BCUT2D eigenvalue weighted by Gasteiger charge is -2.04. The summed E-state index contributed by atoms with van der Waals surface area (Å²) in [6.45, 7) is 3.85. The summed E-state index contributed by atoms with van der Waals surface area (Å²) in [5, 5.41) is 4.82. The van der Waals surface area contributed by atoms with Gasteiger partial charge in [0, 0.05) is 16.1 Å². The number of nitrogens with zero attached hydrogens (tertiary/aromatic N) is 1. The maximum absolute atomic E-state index is 5.91. The van der Waals surface area contributed by atoms with E-state index in [0.717, 1.165) is 11.1 Å². The van der Waals surface area contributed by atoms with Crippen molar-refractivity contribution in [3.8, 4) is 11.8 Å². The number of oxime groups is 1. The third-order valence-electron chi connectivity index (χ3n) is 2.57. The largest absolute Gasteiger partial charge is 0.392 e. The zero-order chi connectivity index (χ0) is 15.1. The molecule has 2 rings (SSSR count). The molecule has 0 saturated heterocycles. The first-order valence-corrected chi connectivity index (χ1v) is 7.10. The average Bonchev–Trinajstić information content (AvgIpc) is 2.49. The van der Waals surface area contributed by atoms with E-state index in [0.29, 0.717) is 10.7 Å². The number of hydrogen-bond donors (Lipinski definition) is 0. The molecule has 3 heteroatoms. The van der Waals surface area contributed by atoms with Crippen LogP contribution in [-0.4, -0.2) is 11.8 Å². The predicted octanol–water partition coefficient (Wildman–Crippen LogP) is 4.52. The first-order valence-electron chi connectivity index (χ1n) is 6.72. The van der Waals surface area contributed by atoms with E-state index in [2.05, 4.69) is 17.0 Å². The molecule has 106 valence electrons. The number of halogens is 1. The summed E-state index contributed by atoms with van der Waals surface area (Å²) in [6, 6.07) is 17.2. The van der Waals surface area contributed by atoms with Crippen molar-refractivity contribution in [2.75, 3.05) is 0 Å². The van der Waals surface area contributed by atoms with E-state index < -0.39 is 0 Å². The fourth-order valence-corrected chi connectivity index (χ4v) is 1.69. The second kappa shape index (κ2) is 7.52. The van der Waals surface area contributed by atoms with Gasteiger partial charge in [-0.3, -0.25) is 0 Å². The highest BCUT2D eigenvalue weighted by Gasteiger charge is 2.02. The molecule has 2 aromatic carbocycles. The molecule has 0 bridgehead atoms. The second-order valence-electron chi connectivity index (χ2n) is 4.72. The molecule has 0 spiro atoms. The fraction of sp³-hybridized carbons (Fsp3) is 0.167. The zero-order valence-electron chi connectivity index (χ0n) is 12.0. The Morgan fingerprint density at radius 3 is 2.33 bits per heavy atom. The maximum atomic E-state index is 5.91. The zero-order valence-corrected chi connectivity index (χ0v) is 12.8. The van der Waals surface area contributed by atoms with Crippen molar-refractivity contribution in [1.29, 1.82) is 0 Å². The number of benzene rings is 2. The summed E-state index contributed by atoms with van der Waals surface area (Å²) in [4.78, 5) is 5.33. The second-order valence-corrected chi connectivity index (χ2v) is 5.15. The summed E-state index contributed by atoms with van der Waals surface area (Å²) in [5.41, 5.74) is 2.40. The van der Waals surface area contributed by atoms with Gasteiger partial charge in [-0.1, -0.05) is 53.0 Å². The summed E-state index contributed by atoms with van der Waals surface area (Å²) in [6.07, 6.45) is 0.00539. The standard InChI is InChI=1S/C18H16ClNO/c1-14(2)21-20-18(16-9-11-17(19)12-10-16)13-8-15-6-4-3-5-7-15/h3-7,9-12,14H,1-2H3/b20-18-. The molecule has 0 saturated carbocycles. The molecular weight excluding hydrogens is 282 g/mol. The van der Waals surface area contributed by atoms with Crippen molar-refractivity contribution < 1.29 is 4.84 Å². The third-order valence-corrected chi connectivity index (χ3v) is 2.82. The van der Waals surface area contributed by atoms with Crippen LogP contribution in [0.4, 0.5) is 0 Å². The Morgan fingerprint density at radius 2 is 1.71 bits per heavy atom. The molecule has 2 nitrogen and oxygen atoms in total. The molecule has 0 aliphatic rings. The molecular formula is C18H16ClNO. The van der Waals surface area contributed by atoms with E-state index in [1.165, 1.54) is 0 Å².